The van der Waals surface area contributed by atoms with E-state index in [2.05, 4.69) is 28.5 Å². The standard InChI is InChI=1S/C20H22N2O2S/c1-23-17-8-6-15(7-9-17)10-11-21-14-20-22-13-19(25-20)16-4-3-5-18(12-16)24-2/h3-9,12-13,21H,10-11,14H2,1-2H3. The van der Waals surface area contributed by atoms with Crippen molar-refractivity contribution in [2.24, 2.45) is 0 Å². The number of thiazole rings is 1. The molecular weight excluding hydrogens is 332 g/mol. The average Bonchev–Trinajstić information content (AvgIpc) is 3.15. The molecule has 2 aromatic carbocycles. The van der Waals surface area contributed by atoms with Gasteiger partial charge in [0.15, 0.2) is 0 Å². The van der Waals surface area contributed by atoms with Crippen molar-refractivity contribution < 1.29 is 9.47 Å². The first-order valence-electron chi connectivity index (χ1n) is 8.21. The van der Waals surface area contributed by atoms with Crippen molar-refractivity contribution in [3.63, 3.8) is 0 Å². The Hall–Kier alpha value is -2.37. The minimum absolute atomic E-state index is 0.783. The zero-order valence-electron chi connectivity index (χ0n) is 14.5. The fourth-order valence-electron chi connectivity index (χ4n) is 2.52. The highest BCUT2D eigenvalue weighted by Crippen LogP contribution is 2.28. The van der Waals surface area contributed by atoms with Crippen LogP contribution in [0.5, 0.6) is 11.5 Å². The zero-order chi connectivity index (χ0) is 17.5. The number of rotatable bonds is 8. The van der Waals surface area contributed by atoms with E-state index in [1.807, 2.05) is 36.5 Å². The van der Waals surface area contributed by atoms with Crippen molar-refractivity contribution in [3.8, 4) is 21.9 Å². The predicted octanol–water partition coefficient (Wildman–Crippen LogP) is 4.16. The number of benzene rings is 2. The molecule has 0 aliphatic carbocycles. The summed E-state index contributed by atoms with van der Waals surface area (Å²) in [5.41, 5.74) is 2.44. The molecule has 0 aliphatic heterocycles. The van der Waals surface area contributed by atoms with E-state index < -0.39 is 0 Å². The first-order chi connectivity index (χ1) is 12.3. The molecule has 0 atom stereocenters. The molecule has 4 nitrogen and oxygen atoms in total. The fraction of sp³-hybridized carbons (Fsp3) is 0.250. The molecule has 1 aromatic heterocycles. The van der Waals surface area contributed by atoms with Gasteiger partial charge in [-0.25, -0.2) is 4.98 Å². The third kappa shape index (κ3) is 4.81. The molecule has 0 unspecified atom stereocenters. The van der Waals surface area contributed by atoms with Crippen molar-refractivity contribution in [2.75, 3.05) is 20.8 Å². The van der Waals surface area contributed by atoms with Gasteiger partial charge in [-0.2, -0.15) is 0 Å². The summed E-state index contributed by atoms with van der Waals surface area (Å²) in [6, 6.07) is 16.3. The zero-order valence-corrected chi connectivity index (χ0v) is 15.3. The van der Waals surface area contributed by atoms with Crippen LogP contribution in [0.2, 0.25) is 0 Å². The van der Waals surface area contributed by atoms with Gasteiger partial charge >= 0.3 is 0 Å². The molecule has 3 rings (SSSR count). The summed E-state index contributed by atoms with van der Waals surface area (Å²) < 4.78 is 10.5. The van der Waals surface area contributed by atoms with E-state index in [4.69, 9.17) is 9.47 Å². The quantitative estimate of drug-likeness (QED) is 0.617. The van der Waals surface area contributed by atoms with Gasteiger partial charge in [0.05, 0.1) is 19.1 Å². The summed E-state index contributed by atoms with van der Waals surface area (Å²) in [5.74, 6) is 1.76. The number of hydrogen-bond acceptors (Lipinski definition) is 5. The Morgan fingerprint density at radius 1 is 1.00 bits per heavy atom. The number of ether oxygens (including phenoxy) is 2. The molecule has 5 heteroatoms. The second-order valence-corrected chi connectivity index (χ2v) is 6.74. The number of hydrogen-bond donors (Lipinski definition) is 1. The maximum absolute atomic E-state index is 5.28. The molecule has 25 heavy (non-hydrogen) atoms. The predicted molar refractivity (Wildman–Crippen MR) is 103 cm³/mol. The van der Waals surface area contributed by atoms with E-state index in [0.29, 0.717) is 0 Å². The van der Waals surface area contributed by atoms with E-state index >= 15 is 0 Å². The van der Waals surface area contributed by atoms with Gasteiger partial charge in [-0.05, 0) is 48.4 Å². The average molecular weight is 354 g/mol. The van der Waals surface area contributed by atoms with Gasteiger partial charge in [-0.15, -0.1) is 11.3 Å². The monoisotopic (exact) mass is 354 g/mol. The maximum atomic E-state index is 5.28. The molecule has 0 radical (unpaired) electrons. The van der Waals surface area contributed by atoms with Gasteiger partial charge in [0.25, 0.3) is 0 Å². The van der Waals surface area contributed by atoms with E-state index in [0.717, 1.165) is 46.5 Å². The van der Waals surface area contributed by atoms with Crippen LogP contribution in [0.3, 0.4) is 0 Å². The fourth-order valence-corrected chi connectivity index (χ4v) is 3.41. The van der Waals surface area contributed by atoms with Crippen LogP contribution in [0.15, 0.2) is 54.7 Å². The smallest absolute Gasteiger partial charge is 0.119 e. The highest BCUT2D eigenvalue weighted by molar-refractivity contribution is 7.15. The van der Waals surface area contributed by atoms with Crippen LogP contribution in [-0.4, -0.2) is 25.7 Å². The summed E-state index contributed by atoms with van der Waals surface area (Å²) in [6.45, 7) is 1.70. The molecule has 1 heterocycles. The van der Waals surface area contributed by atoms with E-state index in [9.17, 15) is 0 Å². The van der Waals surface area contributed by atoms with Gasteiger partial charge in [0, 0.05) is 12.7 Å². The first kappa shape index (κ1) is 17.5. The minimum Gasteiger partial charge on any atom is -0.497 e. The SMILES string of the molecule is COc1ccc(CCNCc2ncc(-c3cccc(OC)c3)s2)cc1. The van der Waals surface area contributed by atoms with Crippen molar-refractivity contribution in [1.82, 2.24) is 10.3 Å². The Morgan fingerprint density at radius 3 is 2.56 bits per heavy atom. The topological polar surface area (TPSA) is 43.4 Å². The summed E-state index contributed by atoms with van der Waals surface area (Å²) in [6.07, 6.45) is 2.91. The molecule has 0 saturated heterocycles. The molecule has 1 N–H and O–H groups in total. The molecule has 0 aliphatic rings. The second kappa shape index (κ2) is 8.65. The van der Waals surface area contributed by atoms with Crippen LogP contribution < -0.4 is 14.8 Å². The summed E-state index contributed by atoms with van der Waals surface area (Å²) >= 11 is 1.71. The highest BCUT2D eigenvalue weighted by atomic mass is 32.1. The lowest BCUT2D eigenvalue weighted by Gasteiger charge is -2.04. The Balaban J connectivity index is 1.49. The molecule has 3 aromatic rings. The molecule has 0 spiro atoms. The molecule has 0 fully saturated rings. The first-order valence-corrected chi connectivity index (χ1v) is 9.03. The van der Waals surface area contributed by atoms with Crippen molar-refractivity contribution in [2.45, 2.75) is 13.0 Å². The van der Waals surface area contributed by atoms with Gasteiger partial charge < -0.3 is 14.8 Å². The van der Waals surface area contributed by atoms with Gasteiger partial charge in [-0.1, -0.05) is 24.3 Å². The number of methoxy groups -OCH3 is 2. The second-order valence-electron chi connectivity index (χ2n) is 5.63. The Bertz CT molecular complexity index is 799. The summed E-state index contributed by atoms with van der Waals surface area (Å²) in [5, 5.41) is 4.55. The van der Waals surface area contributed by atoms with E-state index in [-0.39, 0.29) is 0 Å². The van der Waals surface area contributed by atoms with Crippen LogP contribution in [0, 0.1) is 0 Å². The largest absolute Gasteiger partial charge is 0.497 e. The summed E-state index contributed by atoms with van der Waals surface area (Å²) in [4.78, 5) is 5.67. The van der Waals surface area contributed by atoms with Crippen LogP contribution in [0.1, 0.15) is 10.6 Å². The van der Waals surface area contributed by atoms with Crippen molar-refractivity contribution >= 4 is 11.3 Å². The lowest BCUT2D eigenvalue weighted by atomic mass is 10.1. The van der Waals surface area contributed by atoms with Gasteiger partial charge in [0.1, 0.15) is 16.5 Å². The third-order valence-electron chi connectivity index (χ3n) is 3.93. The molecule has 0 bridgehead atoms. The normalized spacial score (nSPS) is 10.6. The minimum atomic E-state index is 0.783. The molecule has 130 valence electrons. The van der Waals surface area contributed by atoms with Crippen molar-refractivity contribution in [1.29, 1.82) is 0 Å². The maximum Gasteiger partial charge on any atom is 0.119 e. The lowest BCUT2D eigenvalue weighted by molar-refractivity contribution is 0.414. The van der Waals surface area contributed by atoms with E-state index in [1.54, 1.807) is 25.6 Å². The van der Waals surface area contributed by atoms with Gasteiger partial charge in [-0.3, -0.25) is 0 Å². The van der Waals surface area contributed by atoms with Gasteiger partial charge in [0.2, 0.25) is 0 Å². The number of nitrogens with zero attached hydrogens (tertiary/aromatic N) is 1. The highest BCUT2D eigenvalue weighted by Gasteiger charge is 2.05. The molecular formula is C20H22N2O2S. The summed E-state index contributed by atoms with van der Waals surface area (Å²) in [7, 11) is 3.37. The lowest BCUT2D eigenvalue weighted by Crippen LogP contribution is -2.16. The third-order valence-corrected chi connectivity index (χ3v) is 4.98. The Labute approximate surface area is 152 Å². The number of aromatic nitrogens is 1. The van der Waals surface area contributed by atoms with Crippen molar-refractivity contribution in [3.05, 3.63) is 65.3 Å². The molecule has 0 saturated carbocycles. The van der Waals surface area contributed by atoms with E-state index in [1.165, 1.54) is 5.56 Å². The van der Waals surface area contributed by atoms with Crippen LogP contribution >= 0.6 is 11.3 Å². The van der Waals surface area contributed by atoms with Crippen LogP contribution in [0.4, 0.5) is 0 Å². The Kier molecular flexibility index (Phi) is 6.04. The molecule has 0 amide bonds. The number of nitrogens with one attached hydrogen (secondary N) is 1. The van der Waals surface area contributed by atoms with Crippen LogP contribution in [0.25, 0.3) is 10.4 Å². The van der Waals surface area contributed by atoms with Crippen LogP contribution in [-0.2, 0) is 13.0 Å². The Morgan fingerprint density at radius 2 is 1.80 bits per heavy atom.